The number of hydrogen-bond acceptors (Lipinski definition) is 3. The molecule has 0 amide bonds. The van der Waals surface area contributed by atoms with Crippen LogP contribution in [0.1, 0.15) is 66.7 Å². The van der Waals surface area contributed by atoms with Gasteiger partial charge in [0.05, 0.1) is 30.7 Å². The second-order valence-corrected chi connectivity index (χ2v) is 6.87. The third-order valence-corrected chi connectivity index (χ3v) is 5.79. The lowest BCUT2D eigenvalue weighted by Crippen LogP contribution is -2.21. The highest BCUT2D eigenvalue weighted by molar-refractivity contribution is 8.21. The minimum atomic E-state index is -1.80. The first-order chi connectivity index (χ1) is 9.17. The van der Waals surface area contributed by atoms with Gasteiger partial charge in [-0.1, -0.05) is 39.5 Å². The minimum absolute atomic E-state index is 0.645. The summed E-state index contributed by atoms with van der Waals surface area (Å²) in [7, 11) is -1.80. The molecule has 19 heavy (non-hydrogen) atoms. The highest BCUT2D eigenvalue weighted by atomic mass is 32.3. The van der Waals surface area contributed by atoms with Crippen LogP contribution in [0.2, 0.25) is 0 Å². The molecule has 0 fully saturated rings. The molecule has 118 valence electrons. The largest absolute Gasteiger partial charge is 0.293 e. The van der Waals surface area contributed by atoms with E-state index in [1.807, 2.05) is 20.8 Å². The Morgan fingerprint density at radius 1 is 0.789 bits per heavy atom. The molecule has 0 radical (unpaired) electrons. The number of unbranched alkanes of at least 4 members (excludes halogenated alkanes) is 2. The summed E-state index contributed by atoms with van der Waals surface area (Å²) in [6.45, 7) is 12.5. The highest BCUT2D eigenvalue weighted by Gasteiger charge is 2.29. The minimum Gasteiger partial charge on any atom is -0.293 e. The van der Waals surface area contributed by atoms with E-state index in [1.165, 1.54) is 32.1 Å². The first kappa shape index (κ1) is 19.2. The van der Waals surface area contributed by atoms with Gasteiger partial charge < -0.3 is 0 Å². The van der Waals surface area contributed by atoms with Crippen molar-refractivity contribution < 1.29 is 12.5 Å². The summed E-state index contributed by atoms with van der Waals surface area (Å²) in [5.41, 5.74) is 0. The maximum absolute atomic E-state index is 5.89. The molecule has 1 unspecified atom stereocenters. The van der Waals surface area contributed by atoms with Gasteiger partial charge in [-0.25, -0.2) is 0 Å². The van der Waals surface area contributed by atoms with Crippen LogP contribution in [0.5, 0.6) is 0 Å². The van der Waals surface area contributed by atoms with Gasteiger partial charge in [0.25, 0.3) is 0 Å². The van der Waals surface area contributed by atoms with E-state index >= 15 is 0 Å². The van der Waals surface area contributed by atoms with Crippen molar-refractivity contribution in [2.24, 2.45) is 5.92 Å². The molecule has 0 aliphatic heterocycles. The van der Waals surface area contributed by atoms with Crippen molar-refractivity contribution in [1.29, 1.82) is 0 Å². The lowest BCUT2D eigenvalue weighted by Gasteiger charge is -2.39. The molecule has 0 aromatic rings. The Bertz CT molecular complexity index is 183. The summed E-state index contributed by atoms with van der Waals surface area (Å²) in [5, 5.41) is 0. The fourth-order valence-electron chi connectivity index (χ4n) is 2.16. The average Bonchev–Trinajstić information content (AvgIpc) is 2.39. The van der Waals surface area contributed by atoms with Crippen LogP contribution in [0, 0.1) is 5.92 Å². The van der Waals surface area contributed by atoms with E-state index in [1.54, 1.807) is 0 Å². The van der Waals surface area contributed by atoms with Crippen LogP contribution < -0.4 is 0 Å². The Kier molecular flexibility index (Phi) is 12.2. The molecule has 0 saturated heterocycles. The van der Waals surface area contributed by atoms with Crippen molar-refractivity contribution >= 4 is 10.9 Å². The van der Waals surface area contributed by atoms with Gasteiger partial charge in [0.2, 0.25) is 0 Å². The van der Waals surface area contributed by atoms with Crippen LogP contribution in [0.15, 0.2) is 0 Å². The maximum atomic E-state index is 5.89. The molecule has 3 nitrogen and oxygen atoms in total. The molecule has 0 aromatic carbocycles. The average molecular weight is 295 g/mol. The zero-order valence-corrected chi connectivity index (χ0v) is 14.4. The molecule has 0 N–H and O–H groups in total. The number of hydrogen-bond donors (Lipinski definition) is 0. The second-order valence-electron chi connectivity index (χ2n) is 4.71. The van der Waals surface area contributed by atoms with E-state index in [-0.39, 0.29) is 0 Å². The molecule has 0 saturated carbocycles. The molecule has 0 rings (SSSR count). The summed E-state index contributed by atoms with van der Waals surface area (Å²) in [6, 6.07) is 0. The zero-order valence-electron chi connectivity index (χ0n) is 13.6. The van der Waals surface area contributed by atoms with Gasteiger partial charge in [-0.3, -0.25) is 12.5 Å². The van der Waals surface area contributed by atoms with E-state index in [2.05, 4.69) is 13.8 Å². The normalized spacial score (nSPS) is 14.6. The van der Waals surface area contributed by atoms with Crippen molar-refractivity contribution in [3.8, 4) is 0 Å². The van der Waals surface area contributed by atoms with Gasteiger partial charge in [0, 0.05) is 5.75 Å². The van der Waals surface area contributed by atoms with E-state index in [9.17, 15) is 0 Å². The lowest BCUT2D eigenvalue weighted by molar-refractivity contribution is 0.181. The highest BCUT2D eigenvalue weighted by Crippen LogP contribution is 2.53. The number of rotatable bonds is 13. The van der Waals surface area contributed by atoms with Crippen LogP contribution in [-0.4, -0.2) is 25.6 Å². The smallest absolute Gasteiger partial charge is 0.0890 e. The van der Waals surface area contributed by atoms with Crippen molar-refractivity contribution in [2.45, 2.75) is 66.7 Å². The van der Waals surface area contributed by atoms with Gasteiger partial charge in [-0.15, -0.1) is 0 Å². The Balaban J connectivity index is 4.53. The van der Waals surface area contributed by atoms with Crippen LogP contribution in [0.25, 0.3) is 0 Å². The molecule has 0 aliphatic rings. The second kappa shape index (κ2) is 12.0. The van der Waals surface area contributed by atoms with E-state index < -0.39 is 10.9 Å². The molecule has 0 aromatic heterocycles. The Morgan fingerprint density at radius 3 is 1.68 bits per heavy atom. The first-order valence-corrected chi connectivity index (χ1v) is 9.49. The predicted molar refractivity (Wildman–Crippen MR) is 85.3 cm³/mol. The van der Waals surface area contributed by atoms with Crippen LogP contribution in [0.3, 0.4) is 0 Å². The SMILES string of the molecule is CCCCCC(CC)CS(OCC)(OCC)OCC. The Hall–Kier alpha value is 0.230. The molecule has 0 spiro atoms. The van der Waals surface area contributed by atoms with E-state index in [0.717, 1.165) is 5.75 Å². The van der Waals surface area contributed by atoms with E-state index in [4.69, 9.17) is 12.5 Å². The van der Waals surface area contributed by atoms with Gasteiger partial charge in [0.1, 0.15) is 0 Å². The summed E-state index contributed by atoms with van der Waals surface area (Å²) < 4.78 is 17.7. The van der Waals surface area contributed by atoms with Gasteiger partial charge in [-0.2, -0.15) is 0 Å². The summed E-state index contributed by atoms with van der Waals surface area (Å²) in [6.07, 6.45) is 6.32. The summed E-state index contributed by atoms with van der Waals surface area (Å²) in [5.74, 6) is 1.56. The summed E-state index contributed by atoms with van der Waals surface area (Å²) >= 11 is 0. The van der Waals surface area contributed by atoms with Crippen LogP contribution >= 0.6 is 10.9 Å². The topological polar surface area (TPSA) is 27.7 Å². The van der Waals surface area contributed by atoms with Crippen LogP contribution in [0.4, 0.5) is 0 Å². The molecule has 0 bridgehead atoms. The van der Waals surface area contributed by atoms with Crippen molar-refractivity contribution in [3.63, 3.8) is 0 Å². The third-order valence-electron chi connectivity index (χ3n) is 3.13. The fraction of sp³-hybridized carbons (Fsp3) is 1.00. The molecular weight excluding hydrogens is 260 g/mol. The van der Waals surface area contributed by atoms with Crippen LogP contribution in [-0.2, 0) is 12.5 Å². The van der Waals surface area contributed by atoms with Gasteiger partial charge in [-0.05, 0) is 33.1 Å². The van der Waals surface area contributed by atoms with Crippen molar-refractivity contribution in [3.05, 3.63) is 0 Å². The van der Waals surface area contributed by atoms with Gasteiger partial charge in [0.15, 0.2) is 0 Å². The van der Waals surface area contributed by atoms with Crippen molar-refractivity contribution in [2.75, 3.05) is 25.6 Å². The zero-order chi connectivity index (χ0) is 14.6. The summed E-state index contributed by atoms with van der Waals surface area (Å²) in [4.78, 5) is 0. The molecular formula is C15H34O3S. The molecule has 4 heteroatoms. The Morgan fingerprint density at radius 2 is 1.32 bits per heavy atom. The molecule has 0 heterocycles. The van der Waals surface area contributed by atoms with Crippen molar-refractivity contribution in [1.82, 2.24) is 0 Å². The quantitative estimate of drug-likeness (QED) is 0.434. The standard InChI is InChI=1S/C15H34O3S/c1-6-11-12-13-15(7-2)14-19(16-8-3,17-9-4)18-10-5/h15H,6-14H2,1-5H3. The monoisotopic (exact) mass is 294 g/mol. The van der Waals surface area contributed by atoms with E-state index in [0.29, 0.717) is 25.7 Å². The molecule has 0 aliphatic carbocycles. The third kappa shape index (κ3) is 8.18. The first-order valence-electron chi connectivity index (χ1n) is 7.91. The molecule has 1 atom stereocenters. The predicted octanol–water partition coefficient (Wildman–Crippen LogP) is 5.25. The Labute approximate surface area is 122 Å². The fourth-order valence-corrected chi connectivity index (χ4v) is 4.71. The van der Waals surface area contributed by atoms with Gasteiger partial charge >= 0.3 is 0 Å². The maximum Gasteiger partial charge on any atom is 0.0890 e. The lowest BCUT2D eigenvalue weighted by atomic mass is 10.0.